The van der Waals surface area contributed by atoms with Crippen molar-refractivity contribution in [1.82, 2.24) is 9.78 Å². The minimum absolute atomic E-state index is 0.0631. The van der Waals surface area contributed by atoms with Gasteiger partial charge in [-0.05, 0) is 18.2 Å². The number of ether oxygens (including phenoxy) is 1. The van der Waals surface area contributed by atoms with Gasteiger partial charge in [0.2, 0.25) is 0 Å². The molecule has 0 spiro atoms. The second-order valence-electron chi connectivity index (χ2n) is 5.57. The van der Waals surface area contributed by atoms with Crippen LogP contribution in [0.3, 0.4) is 0 Å². The number of hydrogen-bond donors (Lipinski definition) is 1. The molecular formula is C17H12N4O7. The molecule has 0 saturated heterocycles. The highest BCUT2D eigenvalue weighted by atomic mass is 16.6. The van der Waals surface area contributed by atoms with Crippen LogP contribution in [0, 0.1) is 20.2 Å². The maximum Gasteiger partial charge on any atom is 0.301 e. The molecule has 0 saturated carbocycles. The standard InChI is InChI=1S/C17H12N4O7/c1-28-12-3-4-13(16(23)7-12)17-10(9-22)8-19(18-17)14-5-2-11(20(24)25)6-15(14)21(26)27/h2-9,23H,1H3. The topological polar surface area (TPSA) is 151 Å². The van der Waals surface area contributed by atoms with Crippen LogP contribution in [-0.2, 0) is 0 Å². The average Bonchev–Trinajstić information content (AvgIpc) is 3.11. The first-order chi connectivity index (χ1) is 13.3. The summed E-state index contributed by atoms with van der Waals surface area (Å²) in [5.41, 5.74) is -0.717. The van der Waals surface area contributed by atoms with Crippen molar-refractivity contribution in [3.63, 3.8) is 0 Å². The van der Waals surface area contributed by atoms with Gasteiger partial charge in [0.15, 0.2) is 6.29 Å². The Morgan fingerprint density at radius 2 is 1.89 bits per heavy atom. The van der Waals surface area contributed by atoms with Crippen molar-refractivity contribution in [2.75, 3.05) is 7.11 Å². The zero-order valence-electron chi connectivity index (χ0n) is 14.3. The quantitative estimate of drug-likeness (QED) is 0.387. The van der Waals surface area contributed by atoms with Crippen molar-refractivity contribution < 1.29 is 24.5 Å². The summed E-state index contributed by atoms with van der Waals surface area (Å²) in [7, 11) is 1.42. The Morgan fingerprint density at radius 1 is 1.14 bits per heavy atom. The molecule has 0 fully saturated rings. The molecule has 0 amide bonds. The van der Waals surface area contributed by atoms with Crippen LogP contribution in [0.5, 0.6) is 11.5 Å². The van der Waals surface area contributed by atoms with Crippen LogP contribution in [0.15, 0.2) is 42.6 Å². The minimum atomic E-state index is -0.783. The second-order valence-corrected chi connectivity index (χ2v) is 5.57. The molecule has 142 valence electrons. The number of phenolic OH excluding ortho intramolecular Hbond substituents is 1. The van der Waals surface area contributed by atoms with Gasteiger partial charge in [-0.15, -0.1) is 0 Å². The number of rotatable bonds is 6. The van der Waals surface area contributed by atoms with E-state index in [0.717, 1.165) is 22.9 Å². The van der Waals surface area contributed by atoms with E-state index in [9.17, 15) is 30.1 Å². The Balaban J connectivity index is 2.17. The lowest BCUT2D eigenvalue weighted by Crippen LogP contribution is -2.02. The molecule has 1 heterocycles. The lowest BCUT2D eigenvalue weighted by Gasteiger charge is -2.05. The third-order valence-corrected chi connectivity index (χ3v) is 3.94. The molecule has 1 aromatic heterocycles. The lowest BCUT2D eigenvalue weighted by molar-refractivity contribution is -0.394. The van der Waals surface area contributed by atoms with Gasteiger partial charge < -0.3 is 9.84 Å². The van der Waals surface area contributed by atoms with Gasteiger partial charge >= 0.3 is 5.69 Å². The molecule has 0 atom stereocenters. The highest BCUT2D eigenvalue weighted by Crippen LogP contribution is 2.35. The van der Waals surface area contributed by atoms with Gasteiger partial charge in [0, 0.05) is 23.9 Å². The van der Waals surface area contributed by atoms with Gasteiger partial charge in [-0.1, -0.05) is 0 Å². The van der Waals surface area contributed by atoms with Crippen molar-refractivity contribution in [2.24, 2.45) is 0 Å². The smallest absolute Gasteiger partial charge is 0.301 e. The number of carbonyl (C=O) groups excluding carboxylic acids is 1. The molecular weight excluding hydrogens is 372 g/mol. The molecule has 1 N–H and O–H groups in total. The average molecular weight is 384 g/mol. The molecule has 28 heavy (non-hydrogen) atoms. The second kappa shape index (κ2) is 7.15. The van der Waals surface area contributed by atoms with E-state index in [1.54, 1.807) is 6.07 Å². The summed E-state index contributed by atoms with van der Waals surface area (Å²) < 4.78 is 6.06. The first kappa shape index (κ1) is 18.5. The monoisotopic (exact) mass is 384 g/mol. The number of aromatic nitrogens is 2. The van der Waals surface area contributed by atoms with Crippen LogP contribution in [0.1, 0.15) is 10.4 Å². The highest BCUT2D eigenvalue weighted by molar-refractivity contribution is 5.87. The van der Waals surface area contributed by atoms with Crippen LogP contribution in [0.2, 0.25) is 0 Å². The van der Waals surface area contributed by atoms with E-state index in [1.807, 2.05) is 0 Å². The number of non-ortho nitro benzene ring substituents is 1. The van der Waals surface area contributed by atoms with Crippen molar-refractivity contribution in [2.45, 2.75) is 0 Å². The van der Waals surface area contributed by atoms with Gasteiger partial charge in [0.25, 0.3) is 5.69 Å². The van der Waals surface area contributed by atoms with E-state index in [0.29, 0.717) is 12.0 Å². The van der Waals surface area contributed by atoms with Crippen LogP contribution in [-0.4, -0.2) is 38.1 Å². The molecule has 0 radical (unpaired) electrons. The molecule has 0 unspecified atom stereocenters. The fourth-order valence-corrected chi connectivity index (χ4v) is 2.61. The first-order valence-corrected chi connectivity index (χ1v) is 7.71. The van der Waals surface area contributed by atoms with E-state index in [1.165, 1.54) is 25.4 Å². The fourth-order valence-electron chi connectivity index (χ4n) is 2.61. The number of hydrogen-bond acceptors (Lipinski definition) is 8. The molecule has 11 heteroatoms. The van der Waals surface area contributed by atoms with Gasteiger partial charge in [0.05, 0.1) is 28.6 Å². The van der Waals surface area contributed by atoms with E-state index >= 15 is 0 Å². The molecule has 0 bridgehead atoms. The number of carbonyl (C=O) groups is 1. The third kappa shape index (κ3) is 3.23. The summed E-state index contributed by atoms with van der Waals surface area (Å²) in [6.45, 7) is 0. The van der Waals surface area contributed by atoms with Crippen LogP contribution < -0.4 is 4.74 Å². The number of methoxy groups -OCH3 is 1. The zero-order chi connectivity index (χ0) is 20.4. The van der Waals surface area contributed by atoms with E-state index in [4.69, 9.17) is 4.74 Å². The number of phenols is 1. The summed E-state index contributed by atoms with van der Waals surface area (Å²) in [5, 5.41) is 36.6. The lowest BCUT2D eigenvalue weighted by atomic mass is 10.1. The number of nitro benzene ring substituents is 2. The number of aromatic hydroxyl groups is 1. The van der Waals surface area contributed by atoms with Gasteiger partial charge in [0.1, 0.15) is 22.9 Å². The van der Waals surface area contributed by atoms with Crippen LogP contribution in [0.25, 0.3) is 16.9 Å². The number of benzene rings is 2. The third-order valence-electron chi connectivity index (χ3n) is 3.94. The largest absolute Gasteiger partial charge is 0.507 e. The van der Waals surface area contributed by atoms with E-state index < -0.39 is 21.2 Å². The van der Waals surface area contributed by atoms with Crippen LogP contribution >= 0.6 is 0 Å². The van der Waals surface area contributed by atoms with Gasteiger partial charge in [-0.3, -0.25) is 25.0 Å². The summed E-state index contributed by atoms with van der Waals surface area (Å²) in [6.07, 6.45) is 1.72. The maximum atomic E-state index is 11.5. The highest BCUT2D eigenvalue weighted by Gasteiger charge is 2.23. The van der Waals surface area contributed by atoms with Gasteiger partial charge in [-0.25, -0.2) is 4.68 Å². The van der Waals surface area contributed by atoms with Crippen molar-refractivity contribution in [3.8, 4) is 28.4 Å². The van der Waals surface area contributed by atoms with Crippen molar-refractivity contribution in [3.05, 3.63) is 68.4 Å². The Bertz CT molecular complexity index is 1110. The molecule has 0 aliphatic heterocycles. The van der Waals surface area contributed by atoms with Crippen molar-refractivity contribution >= 4 is 17.7 Å². The van der Waals surface area contributed by atoms with Crippen LogP contribution in [0.4, 0.5) is 11.4 Å². The Hall–Kier alpha value is -4.28. The molecule has 2 aromatic carbocycles. The number of nitrogens with zero attached hydrogens (tertiary/aromatic N) is 4. The van der Waals surface area contributed by atoms with Crippen molar-refractivity contribution in [1.29, 1.82) is 0 Å². The normalized spacial score (nSPS) is 10.5. The molecule has 0 aliphatic rings. The molecule has 3 rings (SSSR count). The predicted octanol–water partition coefficient (Wildman–Crippen LogP) is 2.88. The summed E-state index contributed by atoms with van der Waals surface area (Å²) in [4.78, 5) is 32.1. The number of nitro groups is 2. The molecule has 11 nitrogen and oxygen atoms in total. The first-order valence-electron chi connectivity index (χ1n) is 7.71. The summed E-state index contributed by atoms with van der Waals surface area (Å²) >= 11 is 0. The maximum absolute atomic E-state index is 11.5. The fraction of sp³-hybridized carbons (Fsp3) is 0.0588. The SMILES string of the molecule is COc1ccc(-c2nn(-c3ccc([N+](=O)[O-])cc3[N+](=O)[O-])cc2C=O)c(O)c1. The zero-order valence-corrected chi connectivity index (χ0v) is 14.3. The van der Waals surface area contributed by atoms with E-state index in [-0.39, 0.29) is 28.3 Å². The Kier molecular flexibility index (Phi) is 4.73. The number of aldehydes is 1. The molecule has 3 aromatic rings. The summed E-state index contributed by atoms with van der Waals surface area (Å²) in [5.74, 6) is 0.185. The predicted molar refractivity (Wildman–Crippen MR) is 95.9 cm³/mol. The summed E-state index contributed by atoms with van der Waals surface area (Å²) in [6, 6.07) is 7.43. The van der Waals surface area contributed by atoms with E-state index in [2.05, 4.69) is 5.10 Å². The van der Waals surface area contributed by atoms with Gasteiger partial charge in [-0.2, -0.15) is 5.10 Å². The minimum Gasteiger partial charge on any atom is -0.507 e. The molecule has 0 aliphatic carbocycles. The Labute approximate surface area is 156 Å². The Morgan fingerprint density at radius 3 is 2.46 bits per heavy atom.